The predicted octanol–water partition coefficient (Wildman–Crippen LogP) is 4.89. The number of rotatable bonds is 5. The molecule has 194 valence electrons. The van der Waals surface area contributed by atoms with Crippen LogP contribution in [0.2, 0.25) is 0 Å². The first-order valence-corrected chi connectivity index (χ1v) is 12.2. The number of amides is 2. The summed E-state index contributed by atoms with van der Waals surface area (Å²) in [6, 6.07) is 10.5. The highest BCUT2D eigenvalue weighted by atomic mass is 32.1. The summed E-state index contributed by atoms with van der Waals surface area (Å²) in [6.07, 6.45) is -1.91. The molecule has 2 amide bonds. The molecule has 0 saturated carbocycles. The summed E-state index contributed by atoms with van der Waals surface area (Å²) in [5.41, 5.74) is -0.861. The van der Waals surface area contributed by atoms with E-state index in [4.69, 9.17) is 18.8 Å². The van der Waals surface area contributed by atoms with Crippen molar-refractivity contribution in [2.75, 3.05) is 19.1 Å². The molecule has 0 aliphatic rings. The fraction of sp³-hybridized carbons (Fsp3) is 0.400. The van der Waals surface area contributed by atoms with Crippen molar-refractivity contribution in [2.45, 2.75) is 52.7 Å². The molecule has 3 aromatic rings. The van der Waals surface area contributed by atoms with Crippen LogP contribution in [0.1, 0.15) is 47.1 Å². The number of carbonyl (C=O) groups is 2. The van der Waals surface area contributed by atoms with Crippen LogP contribution in [0.15, 0.2) is 30.3 Å². The van der Waals surface area contributed by atoms with E-state index >= 15 is 0 Å². The molecular weight excluding hydrogens is 495 g/mol. The summed E-state index contributed by atoms with van der Waals surface area (Å²) >= 11 is 1.26. The summed E-state index contributed by atoms with van der Waals surface area (Å²) < 4.78 is 22.5. The number of benzene rings is 1. The van der Waals surface area contributed by atoms with Gasteiger partial charge in [0.1, 0.15) is 16.0 Å². The van der Waals surface area contributed by atoms with Crippen LogP contribution in [0.4, 0.5) is 15.4 Å². The maximum absolute atomic E-state index is 13.4. The smallest absolute Gasteiger partial charge is 0.443 e. The lowest BCUT2D eigenvalue weighted by Crippen LogP contribution is -2.44. The van der Waals surface area contributed by atoms with E-state index in [0.717, 1.165) is 4.90 Å². The molecule has 0 saturated heterocycles. The van der Waals surface area contributed by atoms with Gasteiger partial charge in [-0.05, 0) is 59.7 Å². The number of nitrogens with zero attached hydrogens (tertiary/aromatic N) is 4. The van der Waals surface area contributed by atoms with Gasteiger partial charge in [0.2, 0.25) is 0 Å². The molecule has 2 heterocycles. The minimum atomic E-state index is -0.957. The van der Waals surface area contributed by atoms with E-state index in [-0.39, 0.29) is 11.6 Å². The number of ether oxygens (including phenoxy) is 2. The van der Waals surface area contributed by atoms with E-state index in [1.165, 1.54) is 25.6 Å². The average Bonchev–Trinajstić information content (AvgIpc) is 3.21. The van der Waals surface area contributed by atoms with E-state index in [1.54, 1.807) is 71.9 Å². The Kier molecular flexibility index (Phi) is 8.22. The molecule has 1 aromatic carbocycles. The molecule has 0 radical (unpaired) electrons. The van der Waals surface area contributed by atoms with E-state index in [0.29, 0.717) is 26.1 Å². The Bertz CT molecular complexity index is 1320. The van der Waals surface area contributed by atoms with Crippen molar-refractivity contribution in [3.05, 3.63) is 35.9 Å². The number of fused-ring (bicyclic) bond motifs is 1. The van der Waals surface area contributed by atoms with Crippen molar-refractivity contribution >= 4 is 51.5 Å². The number of anilines is 1. The first-order valence-electron chi connectivity index (χ1n) is 11.4. The molecule has 10 nitrogen and oxygen atoms in total. The number of thiophene rings is 1. The summed E-state index contributed by atoms with van der Waals surface area (Å²) in [5, 5.41) is 9.76. The highest BCUT2D eigenvalue weighted by Crippen LogP contribution is 2.32. The first kappa shape index (κ1) is 28.1. The molecular formula is C25H29BN4O6S. The van der Waals surface area contributed by atoms with Crippen molar-refractivity contribution in [1.29, 1.82) is 5.26 Å². The summed E-state index contributed by atoms with van der Waals surface area (Å²) in [6.45, 7) is 10.1. The van der Waals surface area contributed by atoms with E-state index in [2.05, 4.69) is 16.0 Å². The highest BCUT2D eigenvalue weighted by molar-refractivity contribution is 7.27. The number of imide groups is 1. The summed E-state index contributed by atoms with van der Waals surface area (Å²) in [4.78, 5) is 37.3. The quantitative estimate of drug-likeness (QED) is 0.429. The first-order chi connectivity index (χ1) is 17.3. The molecule has 3 rings (SSSR count). The third-order valence-corrected chi connectivity index (χ3v) is 5.72. The normalized spacial score (nSPS) is 11.6. The Morgan fingerprint density at radius 3 is 2.08 bits per heavy atom. The minimum absolute atomic E-state index is 0.0284. The second kappa shape index (κ2) is 10.8. The van der Waals surface area contributed by atoms with E-state index < -0.39 is 30.5 Å². The van der Waals surface area contributed by atoms with Gasteiger partial charge >= 0.3 is 19.3 Å². The lowest BCUT2D eigenvalue weighted by Gasteiger charge is -2.28. The van der Waals surface area contributed by atoms with Crippen LogP contribution in [0.3, 0.4) is 0 Å². The molecule has 0 fully saturated rings. The summed E-state index contributed by atoms with van der Waals surface area (Å²) in [5.74, 6) is 0.177. The SMILES string of the molecule is COB(OC)c1cc2c(N(C(=O)OC(C)(C)C)C(=O)OC(C)(C)C)nc(-c3cccc(C#N)c3)nc2s1. The number of hydrogen-bond acceptors (Lipinski definition) is 10. The van der Waals surface area contributed by atoms with Gasteiger partial charge in [0.15, 0.2) is 11.6 Å². The zero-order valence-corrected chi connectivity index (χ0v) is 22.9. The topological polar surface area (TPSA) is 124 Å². The van der Waals surface area contributed by atoms with Gasteiger partial charge in [0.25, 0.3) is 0 Å². The van der Waals surface area contributed by atoms with Gasteiger partial charge < -0.3 is 18.8 Å². The Hall–Kier alpha value is -3.53. The highest BCUT2D eigenvalue weighted by Gasteiger charge is 2.36. The maximum atomic E-state index is 13.4. The average molecular weight is 524 g/mol. The van der Waals surface area contributed by atoms with Crippen molar-refractivity contribution in [3.63, 3.8) is 0 Å². The lowest BCUT2D eigenvalue weighted by atomic mass is 9.87. The minimum Gasteiger partial charge on any atom is -0.443 e. The Morgan fingerprint density at radius 2 is 1.57 bits per heavy atom. The lowest BCUT2D eigenvalue weighted by molar-refractivity contribution is 0.0429. The van der Waals surface area contributed by atoms with Crippen LogP contribution in [-0.4, -0.2) is 54.7 Å². The number of nitriles is 1. The second-order valence-corrected chi connectivity index (χ2v) is 11.1. The second-order valence-electron chi connectivity index (χ2n) is 10.0. The molecule has 0 spiro atoms. The van der Waals surface area contributed by atoms with E-state index in [1.807, 2.05) is 0 Å². The van der Waals surface area contributed by atoms with Gasteiger partial charge in [-0.1, -0.05) is 12.1 Å². The third-order valence-electron chi connectivity index (χ3n) is 4.67. The largest absolute Gasteiger partial charge is 0.504 e. The Morgan fingerprint density at radius 1 is 0.973 bits per heavy atom. The molecule has 0 bridgehead atoms. The van der Waals surface area contributed by atoms with Crippen molar-refractivity contribution in [1.82, 2.24) is 9.97 Å². The van der Waals surface area contributed by atoms with E-state index in [9.17, 15) is 14.9 Å². The zero-order chi connectivity index (χ0) is 27.5. The van der Waals surface area contributed by atoms with Gasteiger partial charge in [-0.2, -0.15) is 10.2 Å². The third kappa shape index (κ3) is 6.83. The Labute approximate surface area is 220 Å². The monoisotopic (exact) mass is 524 g/mol. The maximum Gasteiger partial charge on any atom is 0.504 e. The molecule has 0 N–H and O–H groups in total. The van der Waals surface area contributed by atoms with Gasteiger partial charge in [0.05, 0.1) is 17.0 Å². The number of hydrogen-bond donors (Lipinski definition) is 0. The molecule has 0 aliphatic carbocycles. The fourth-order valence-corrected chi connectivity index (χ4v) is 4.34. The molecule has 12 heteroatoms. The molecule has 0 aliphatic heterocycles. The standard InChI is InChI=1S/C25H29BN4O6S/c1-24(2,3)35-22(31)30(23(32)36-25(4,5)6)20-17-13-18(26(33-7)34-8)37-21(17)29-19(28-20)16-11-9-10-15(12-16)14-27/h9-13H,1-8H3. The molecule has 2 aromatic heterocycles. The van der Waals surface area contributed by atoms with Gasteiger partial charge in [-0.15, -0.1) is 11.3 Å². The number of aromatic nitrogens is 2. The number of carbonyl (C=O) groups excluding carboxylic acids is 2. The Balaban J connectivity index is 2.32. The van der Waals surface area contributed by atoms with Gasteiger partial charge in [0, 0.05) is 24.6 Å². The van der Waals surface area contributed by atoms with Crippen LogP contribution in [0.5, 0.6) is 0 Å². The van der Waals surface area contributed by atoms with Gasteiger partial charge in [-0.3, -0.25) is 0 Å². The zero-order valence-electron chi connectivity index (χ0n) is 22.1. The van der Waals surface area contributed by atoms with Crippen molar-refractivity contribution < 1.29 is 28.4 Å². The fourth-order valence-electron chi connectivity index (χ4n) is 3.26. The van der Waals surface area contributed by atoms with Crippen LogP contribution in [0.25, 0.3) is 21.6 Å². The molecule has 37 heavy (non-hydrogen) atoms. The molecule has 0 atom stereocenters. The van der Waals surface area contributed by atoms with Crippen LogP contribution in [-0.2, 0) is 18.8 Å². The predicted molar refractivity (Wildman–Crippen MR) is 142 cm³/mol. The van der Waals surface area contributed by atoms with Crippen LogP contribution < -0.4 is 9.68 Å². The van der Waals surface area contributed by atoms with Gasteiger partial charge in [-0.25, -0.2) is 19.6 Å². The molecule has 0 unspecified atom stereocenters. The summed E-state index contributed by atoms with van der Waals surface area (Å²) in [7, 11) is 2.30. The van der Waals surface area contributed by atoms with Crippen molar-refractivity contribution in [3.8, 4) is 17.5 Å². The van der Waals surface area contributed by atoms with Crippen LogP contribution in [0, 0.1) is 11.3 Å². The van der Waals surface area contributed by atoms with Crippen molar-refractivity contribution in [2.24, 2.45) is 0 Å². The van der Waals surface area contributed by atoms with Crippen LogP contribution >= 0.6 is 11.3 Å².